The molecule has 0 saturated heterocycles. The van der Waals surface area contributed by atoms with Gasteiger partial charge in [-0.25, -0.2) is 4.98 Å². The number of aromatic amines is 1. The number of nitrogens with zero attached hydrogens (tertiary/aromatic N) is 2. The maximum Gasteiger partial charge on any atom is 0.305 e. The van der Waals surface area contributed by atoms with Gasteiger partial charge in [0.05, 0.1) is 23.1 Å². The zero-order valence-corrected chi connectivity index (χ0v) is 16.4. The molecule has 8 heteroatoms. The monoisotopic (exact) mass is 391 g/mol. The highest BCUT2D eigenvalue weighted by Crippen LogP contribution is 2.13. The van der Waals surface area contributed by atoms with Crippen molar-refractivity contribution in [2.75, 3.05) is 18.8 Å². The molecule has 0 saturated carbocycles. The maximum absolute atomic E-state index is 12.4. The van der Waals surface area contributed by atoms with Gasteiger partial charge in [-0.1, -0.05) is 26.0 Å². The van der Waals surface area contributed by atoms with Crippen LogP contribution in [0.4, 0.5) is 0 Å². The van der Waals surface area contributed by atoms with Crippen molar-refractivity contribution in [2.24, 2.45) is 5.92 Å². The number of amides is 1. The standard InChI is InChI=1S/C19H25N3O4S/c1-13(2)11-22(9-7-18(24)25)17(23)8-10-27-12-16-20-15-6-4-3-5-14(15)19(26)21-16/h3-6,13H,7-12H2,1-2H3,(H,24,25)(H,20,21,26). The van der Waals surface area contributed by atoms with Crippen LogP contribution in [0.5, 0.6) is 0 Å². The van der Waals surface area contributed by atoms with E-state index in [1.807, 2.05) is 19.9 Å². The third-order valence-corrected chi connectivity index (χ3v) is 4.87. The Morgan fingerprint density at radius 2 is 2.00 bits per heavy atom. The minimum atomic E-state index is -0.905. The Kier molecular flexibility index (Phi) is 7.84. The largest absolute Gasteiger partial charge is 0.481 e. The molecule has 2 rings (SSSR count). The molecule has 0 aliphatic carbocycles. The van der Waals surface area contributed by atoms with E-state index in [1.165, 1.54) is 11.8 Å². The predicted molar refractivity (Wildman–Crippen MR) is 107 cm³/mol. The van der Waals surface area contributed by atoms with Crippen molar-refractivity contribution in [3.05, 3.63) is 40.4 Å². The molecule has 1 amide bonds. The van der Waals surface area contributed by atoms with E-state index in [2.05, 4.69) is 9.97 Å². The molecular weight excluding hydrogens is 366 g/mol. The number of carboxylic acid groups (broad SMARTS) is 1. The summed E-state index contributed by atoms with van der Waals surface area (Å²) in [4.78, 5) is 44.0. The zero-order valence-electron chi connectivity index (χ0n) is 15.6. The van der Waals surface area contributed by atoms with Gasteiger partial charge in [0.15, 0.2) is 0 Å². The van der Waals surface area contributed by atoms with Gasteiger partial charge in [0.25, 0.3) is 5.56 Å². The molecule has 0 bridgehead atoms. The van der Waals surface area contributed by atoms with Crippen molar-refractivity contribution >= 4 is 34.5 Å². The van der Waals surface area contributed by atoms with Crippen molar-refractivity contribution in [1.82, 2.24) is 14.9 Å². The van der Waals surface area contributed by atoms with Crippen molar-refractivity contribution in [3.63, 3.8) is 0 Å². The molecule has 1 aromatic carbocycles. The van der Waals surface area contributed by atoms with Gasteiger partial charge in [0.1, 0.15) is 5.82 Å². The number of hydrogen-bond acceptors (Lipinski definition) is 5. The minimum absolute atomic E-state index is 0.0441. The Morgan fingerprint density at radius 3 is 2.70 bits per heavy atom. The minimum Gasteiger partial charge on any atom is -0.481 e. The summed E-state index contributed by atoms with van der Waals surface area (Å²) in [5.41, 5.74) is 0.494. The number of H-pyrrole nitrogens is 1. The SMILES string of the molecule is CC(C)CN(CCC(=O)O)C(=O)CCSCc1nc2ccccc2c(=O)[nH]1. The first-order chi connectivity index (χ1) is 12.9. The van der Waals surface area contributed by atoms with Crippen LogP contribution in [0.25, 0.3) is 10.9 Å². The zero-order chi connectivity index (χ0) is 19.8. The fraction of sp³-hybridized carbons (Fsp3) is 0.474. The van der Waals surface area contributed by atoms with Crippen molar-refractivity contribution in [2.45, 2.75) is 32.4 Å². The summed E-state index contributed by atoms with van der Waals surface area (Å²) in [6.07, 6.45) is 0.280. The number of carboxylic acids is 1. The van der Waals surface area contributed by atoms with Crippen LogP contribution in [-0.2, 0) is 15.3 Å². The number of hydrogen-bond donors (Lipinski definition) is 2. The van der Waals surface area contributed by atoms with E-state index >= 15 is 0 Å². The van der Waals surface area contributed by atoms with Crippen LogP contribution >= 0.6 is 11.8 Å². The summed E-state index contributed by atoms with van der Waals surface area (Å²) < 4.78 is 0. The van der Waals surface area contributed by atoms with E-state index in [1.54, 1.807) is 23.1 Å². The molecule has 146 valence electrons. The smallest absolute Gasteiger partial charge is 0.305 e. The molecule has 2 N–H and O–H groups in total. The number of fused-ring (bicyclic) bond motifs is 1. The fourth-order valence-electron chi connectivity index (χ4n) is 2.68. The number of aromatic nitrogens is 2. The third-order valence-electron chi connectivity index (χ3n) is 3.89. The fourth-order valence-corrected chi connectivity index (χ4v) is 3.47. The summed E-state index contributed by atoms with van der Waals surface area (Å²) in [7, 11) is 0. The van der Waals surface area contributed by atoms with Gasteiger partial charge < -0.3 is 15.0 Å². The number of carbonyl (C=O) groups excluding carboxylic acids is 1. The Balaban J connectivity index is 1.86. The van der Waals surface area contributed by atoms with Crippen LogP contribution in [0, 0.1) is 5.92 Å². The molecule has 1 heterocycles. The highest BCUT2D eigenvalue weighted by atomic mass is 32.2. The molecule has 0 aliphatic heterocycles. The molecule has 27 heavy (non-hydrogen) atoms. The summed E-state index contributed by atoms with van der Waals surface area (Å²) in [5, 5.41) is 9.40. The van der Waals surface area contributed by atoms with Gasteiger partial charge in [0, 0.05) is 25.3 Å². The number of benzene rings is 1. The second kappa shape index (κ2) is 10.1. The van der Waals surface area contributed by atoms with Gasteiger partial charge in [-0.15, -0.1) is 0 Å². The topological polar surface area (TPSA) is 103 Å². The average Bonchev–Trinajstić information content (AvgIpc) is 2.61. The molecule has 0 aliphatic rings. The van der Waals surface area contributed by atoms with Crippen molar-refractivity contribution < 1.29 is 14.7 Å². The number of para-hydroxylation sites is 1. The summed E-state index contributed by atoms with van der Waals surface area (Å²) in [6.45, 7) is 4.78. The lowest BCUT2D eigenvalue weighted by Crippen LogP contribution is -2.36. The number of aliphatic carboxylic acids is 1. The van der Waals surface area contributed by atoms with Crippen LogP contribution < -0.4 is 5.56 Å². The Morgan fingerprint density at radius 1 is 1.26 bits per heavy atom. The van der Waals surface area contributed by atoms with Gasteiger partial charge in [0.2, 0.25) is 5.91 Å². The van der Waals surface area contributed by atoms with E-state index in [4.69, 9.17) is 5.11 Å². The van der Waals surface area contributed by atoms with Gasteiger partial charge in [-0.05, 0) is 18.1 Å². The Bertz CT molecular complexity index is 850. The Hall–Kier alpha value is -2.35. The molecule has 1 aromatic heterocycles. The quantitative estimate of drug-likeness (QED) is 0.603. The first-order valence-corrected chi connectivity index (χ1v) is 10.1. The van der Waals surface area contributed by atoms with Crippen LogP contribution in [0.3, 0.4) is 0 Å². The van der Waals surface area contributed by atoms with Gasteiger partial charge in [-0.3, -0.25) is 14.4 Å². The second-order valence-corrected chi connectivity index (χ2v) is 7.81. The Labute approximate surface area is 162 Å². The molecule has 0 fully saturated rings. The van der Waals surface area contributed by atoms with Crippen LogP contribution in [0.1, 0.15) is 32.5 Å². The number of rotatable bonds is 10. The third kappa shape index (κ3) is 6.71. The van der Waals surface area contributed by atoms with E-state index in [0.29, 0.717) is 41.2 Å². The maximum atomic E-state index is 12.4. The van der Waals surface area contributed by atoms with E-state index in [0.717, 1.165) is 0 Å². The van der Waals surface area contributed by atoms with Crippen molar-refractivity contribution in [3.8, 4) is 0 Å². The van der Waals surface area contributed by atoms with Gasteiger partial charge in [-0.2, -0.15) is 11.8 Å². The van der Waals surface area contributed by atoms with E-state index in [-0.39, 0.29) is 30.3 Å². The molecule has 0 spiro atoms. The van der Waals surface area contributed by atoms with E-state index in [9.17, 15) is 14.4 Å². The number of thioether (sulfide) groups is 1. The lowest BCUT2D eigenvalue weighted by atomic mass is 10.2. The van der Waals surface area contributed by atoms with Gasteiger partial charge >= 0.3 is 5.97 Å². The predicted octanol–water partition coefficient (Wildman–Crippen LogP) is 2.51. The molecule has 0 radical (unpaired) electrons. The first-order valence-electron chi connectivity index (χ1n) is 8.92. The summed E-state index contributed by atoms with van der Waals surface area (Å²) >= 11 is 1.52. The summed E-state index contributed by atoms with van der Waals surface area (Å²) in [6, 6.07) is 7.17. The molecule has 0 atom stereocenters. The second-order valence-electron chi connectivity index (χ2n) is 6.71. The summed E-state index contributed by atoms with van der Waals surface area (Å²) in [5.74, 6) is 1.00. The molecule has 2 aromatic rings. The molecule has 0 unspecified atom stereocenters. The molecule has 7 nitrogen and oxygen atoms in total. The normalized spacial score (nSPS) is 11.1. The molecular formula is C19H25N3O4S. The van der Waals surface area contributed by atoms with Crippen molar-refractivity contribution in [1.29, 1.82) is 0 Å². The highest BCUT2D eigenvalue weighted by molar-refractivity contribution is 7.98. The highest BCUT2D eigenvalue weighted by Gasteiger charge is 2.16. The van der Waals surface area contributed by atoms with Crippen LogP contribution in [0.15, 0.2) is 29.1 Å². The lowest BCUT2D eigenvalue weighted by Gasteiger charge is -2.24. The lowest BCUT2D eigenvalue weighted by molar-refractivity contribution is -0.138. The number of nitrogens with one attached hydrogen (secondary N) is 1. The van der Waals surface area contributed by atoms with E-state index < -0.39 is 5.97 Å². The number of carbonyl (C=O) groups is 2. The van der Waals surface area contributed by atoms with Crippen LogP contribution in [-0.4, -0.2) is 50.7 Å². The average molecular weight is 391 g/mol. The van der Waals surface area contributed by atoms with Crippen LogP contribution in [0.2, 0.25) is 0 Å². The first kappa shape index (κ1) is 21.0.